The van der Waals surface area contributed by atoms with Crippen molar-refractivity contribution in [3.05, 3.63) is 64.3 Å². The van der Waals surface area contributed by atoms with Crippen molar-refractivity contribution in [2.75, 3.05) is 13.1 Å². The molecule has 0 spiro atoms. The van der Waals surface area contributed by atoms with Crippen LogP contribution in [0.4, 0.5) is 8.78 Å². The number of hydrogen-bond acceptors (Lipinski definition) is 3. The fourth-order valence-electron chi connectivity index (χ4n) is 3.72. The highest BCUT2D eigenvalue weighted by Gasteiger charge is 2.35. The van der Waals surface area contributed by atoms with Gasteiger partial charge in [-0.3, -0.25) is 9.78 Å². The highest BCUT2D eigenvalue weighted by molar-refractivity contribution is 7.14. The van der Waals surface area contributed by atoms with Crippen molar-refractivity contribution in [2.24, 2.45) is 0 Å². The third-order valence-corrected chi connectivity index (χ3v) is 7.00. The van der Waals surface area contributed by atoms with Crippen LogP contribution in [0.5, 0.6) is 0 Å². The highest BCUT2D eigenvalue weighted by atomic mass is 35.5. The molecule has 7 heteroatoms. The van der Waals surface area contributed by atoms with Gasteiger partial charge in [0, 0.05) is 59.2 Å². The number of carbonyl (C=O) groups excluding carboxylic acids is 1. The van der Waals surface area contributed by atoms with Crippen molar-refractivity contribution in [3.63, 3.8) is 0 Å². The Morgan fingerprint density at radius 3 is 2.47 bits per heavy atom. The van der Waals surface area contributed by atoms with Crippen LogP contribution in [0.2, 0.25) is 5.02 Å². The average molecular weight is 475 g/mol. The fraction of sp³-hybridized carbons (Fsp3) is 0.360. The molecular weight excluding hydrogens is 450 g/mol. The zero-order chi connectivity index (χ0) is 23.1. The molecule has 4 rings (SSSR count). The first-order valence-electron chi connectivity index (χ1n) is 10.6. The number of halogens is 3. The van der Waals surface area contributed by atoms with E-state index in [1.807, 2.05) is 18.3 Å². The first-order chi connectivity index (χ1) is 15.0. The van der Waals surface area contributed by atoms with Crippen LogP contribution in [-0.4, -0.2) is 34.8 Å². The lowest BCUT2D eigenvalue weighted by Crippen LogP contribution is -2.42. The van der Waals surface area contributed by atoms with Crippen molar-refractivity contribution in [1.29, 1.82) is 0 Å². The summed E-state index contributed by atoms with van der Waals surface area (Å²) in [6.07, 6.45) is 1.24. The van der Waals surface area contributed by atoms with Gasteiger partial charge in [0.2, 0.25) is 0 Å². The van der Waals surface area contributed by atoms with Gasteiger partial charge in [0.25, 0.3) is 11.8 Å². The third kappa shape index (κ3) is 4.86. The summed E-state index contributed by atoms with van der Waals surface area (Å²) < 4.78 is 26.8. The molecule has 0 aliphatic carbocycles. The Hall–Kier alpha value is -2.31. The van der Waals surface area contributed by atoms with Crippen molar-refractivity contribution in [1.82, 2.24) is 9.88 Å². The van der Waals surface area contributed by atoms with Crippen LogP contribution in [0.25, 0.3) is 21.6 Å². The molecule has 3 nitrogen and oxygen atoms in total. The number of thiophene rings is 1. The number of carbonyl (C=O) groups is 1. The highest BCUT2D eigenvalue weighted by Crippen LogP contribution is 2.37. The minimum atomic E-state index is -2.68. The predicted octanol–water partition coefficient (Wildman–Crippen LogP) is 7.30. The van der Waals surface area contributed by atoms with Gasteiger partial charge in [0.1, 0.15) is 0 Å². The van der Waals surface area contributed by atoms with E-state index in [1.165, 1.54) is 4.90 Å². The van der Waals surface area contributed by atoms with Crippen LogP contribution in [0, 0.1) is 0 Å². The quantitative estimate of drug-likeness (QED) is 0.399. The molecule has 0 radical (unpaired) electrons. The topological polar surface area (TPSA) is 33.2 Å². The minimum Gasteiger partial charge on any atom is -0.338 e. The van der Waals surface area contributed by atoms with Crippen LogP contribution < -0.4 is 0 Å². The molecule has 1 aliphatic heterocycles. The summed E-state index contributed by atoms with van der Waals surface area (Å²) in [5, 5.41) is 2.55. The summed E-state index contributed by atoms with van der Waals surface area (Å²) in [5.74, 6) is -2.94. The van der Waals surface area contributed by atoms with E-state index in [0.29, 0.717) is 10.6 Å². The van der Waals surface area contributed by atoms with Crippen molar-refractivity contribution < 1.29 is 13.6 Å². The molecule has 2 aromatic heterocycles. The van der Waals surface area contributed by atoms with Gasteiger partial charge in [-0.15, -0.1) is 11.3 Å². The van der Waals surface area contributed by atoms with Gasteiger partial charge >= 0.3 is 0 Å². The molecule has 1 fully saturated rings. The van der Waals surface area contributed by atoms with E-state index in [9.17, 15) is 13.6 Å². The standard InChI is InChI=1S/C25H25ClF2N2OS/c1-24(2,3)22-14-16(6-9-29-22)18-13-21(32-15-18)19-5-4-17(12-20(19)26)23(31)30-10-7-25(27,28)8-11-30/h4-6,9,12-15H,7-8,10-11H2,1-3H3. The van der Waals surface area contributed by atoms with Gasteiger partial charge in [-0.1, -0.05) is 38.4 Å². The number of aromatic nitrogens is 1. The molecule has 1 aliphatic rings. The van der Waals surface area contributed by atoms with E-state index in [0.717, 1.165) is 27.3 Å². The summed E-state index contributed by atoms with van der Waals surface area (Å²) in [6.45, 7) is 6.52. The maximum Gasteiger partial charge on any atom is 0.253 e. The van der Waals surface area contributed by atoms with Crippen LogP contribution in [0.15, 0.2) is 48.0 Å². The lowest BCUT2D eigenvalue weighted by atomic mass is 9.90. The van der Waals surface area contributed by atoms with Crippen LogP contribution in [0.1, 0.15) is 49.7 Å². The Balaban J connectivity index is 1.55. The van der Waals surface area contributed by atoms with Crippen LogP contribution in [-0.2, 0) is 5.41 Å². The van der Waals surface area contributed by atoms with Gasteiger partial charge in [-0.2, -0.15) is 0 Å². The molecule has 1 saturated heterocycles. The normalized spacial score (nSPS) is 16.2. The molecule has 1 amide bonds. The molecule has 1 aromatic carbocycles. The Bertz CT molecular complexity index is 1140. The number of hydrogen-bond donors (Lipinski definition) is 0. The zero-order valence-corrected chi connectivity index (χ0v) is 19.9. The van der Waals surface area contributed by atoms with E-state index in [-0.39, 0.29) is 37.3 Å². The smallest absolute Gasteiger partial charge is 0.253 e. The summed E-state index contributed by atoms with van der Waals surface area (Å²) in [7, 11) is 0. The Labute approximate surface area is 196 Å². The third-order valence-electron chi connectivity index (χ3n) is 5.72. The maximum atomic E-state index is 13.4. The number of benzene rings is 1. The van der Waals surface area contributed by atoms with Crippen molar-refractivity contribution >= 4 is 28.8 Å². The molecule has 0 saturated carbocycles. The first-order valence-corrected chi connectivity index (χ1v) is 11.8. The molecular formula is C25H25ClF2N2OS. The van der Waals surface area contributed by atoms with Gasteiger partial charge in [0.15, 0.2) is 0 Å². The second-order valence-electron chi connectivity index (χ2n) is 9.22. The number of pyridine rings is 1. The van der Waals surface area contributed by atoms with Gasteiger partial charge in [0.05, 0.1) is 5.02 Å². The number of rotatable bonds is 3. The maximum absolute atomic E-state index is 13.4. The van der Waals surface area contributed by atoms with Crippen LogP contribution >= 0.6 is 22.9 Å². The van der Waals surface area contributed by atoms with E-state index >= 15 is 0 Å². The number of amides is 1. The molecule has 168 valence electrons. The first kappa shape index (κ1) is 22.9. The second kappa shape index (κ2) is 8.56. The lowest BCUT2D eigenvalue weighted by molar-refractivity contribution is -0.0494. The number of nitrogens with zero attached hydrogens (tertiary/aromatic N) is 2. The lowest BCUT2D eigenvalue weighted by Gasteiger charge is -2.31. The molecule has 32 heavy (non-hydrogen) atoms. The number of alkyl halides is 2. The average Bonchev–Trinajstić information content (AvgIpc) is 3.22. The summed E-state index contributed by atoms with van der Waals surface area (Å²) in [5.41, 5.74) is 4.43. The monoisotopic (exact) mass is 474 g/mol. The van der Waals surface area contributed by atoms with E-state index in [4.69, 9.17) is 11.6 Å². The van der Waals surface area contributed by atoms with E-state index in [1.54, 1.807) is 23.5 Å². The summed E-state index contributed by atoms with van der Waals surface area (Å²) in [6, 6.07) is 11.4. The summed E-state index contributed by atoms with van der Waals surface area (Å²) >= 11 is 8.12. The molecule has 0 N–H and O–H groups in total. The Morgan fingerprint density at radius 1 is 1.09 bits per heavy atom. The largest absolute Gasteiger partial charge is 0.338 e. The SMILES string of the molecule is CC(C)(C)c1cc(-c2csc(-c3ccc(C(=O)N4CCC(F)(F)CC4)cc3Cl)c2)ccn1. The number of likely N-dealkylation sites (tertiary alicyclic amines) is 1. The molecule has 0 bridgehead atoms. The van der Waals surface area contributed by atoms with E-state index in [2.05, 4.69) is 43.3 Å². The summed E-state index contributed by atoms with van der Waals surface area (Å²) in [4.78, 5) is 19.7. The zero-order valence-electron chi connectivity index (χ0n) is 18.3. The second-order valence-corrected chi connectivity index (χ2v) is 10.5. The van der Waals surface area contributed by atoms with Gasteiger partial charge < -0.3 is 4.90 Å². The predicted molar refractivity (Wildman–Crippen MR) is 127 cm³/mol. The van der Waals surface area contributed by atoms with Gasteiger partial charge in [-0.25, -0.2) is 8.78 Å². The number of piperidine rings is 1. The fourth-order valence-corrected chi connectivity index (χ4v) is 5.01. The van der Waals surface area contributed by atoms with Crippen molar-refractivity contribution in [3.8, 4) is 21.6 Å². The van der Waals surface area contributed by atoms with Crippen molar-refractivity contribution in [2.45, 2.75) is 45.0 Å². The van der Waals surface area contributed by atoms with Gasteiger partial charge in [-0.05, 0) is 46.8 Å². The minimum absolute atomic E-state index is 0.0369. The van der Waals surface area contributed by atoms with Crippen LogP contribution in [0.3, 0.4) is 0 Å². The molecule has 3 aromatic rings. The molecule has 0 unspecified atom stereocenters. The molecule has 0 atom stereocenters. The Kier molecular flexibility index (Phi) is 6.12. The van der Waals surface area contributed by atoms with E-state index < -0.39 is 5.92 Å². The molecule has 3 heterocycles. The Morgan fingerprint density at radius 2 is 1.81 bits per heavy atom.